The van der Waals surface area contributed by atoms with Gasteiger partial charge in [0, 0.05) is 17.0 Å². The number of hydrogen-bond acceptors (Lipinski definition) is 4. The minimum Gasteiger partial charge on any atom is -0.396 e. The van der Waals surface area contributed by atoms with Gasteiger partial charge in [-0.1, -0.05) is 0 Å². The summed E-state index contributed by atoms with van der Waals surface area (Å²) in [4.78, 5) is 4.29. The van der Waals surface area contributed by atoms with E-state index in [1.54, 1.807) is 10.5 Å². The molecule has 0 radical (unpaired) electrons. The monoisotopic (exact) mass is 257 g/mol. The molecule has 0 saturated carbocycles. The second kappa shape index (κ2) is 4.01. The summed E-state index contributed by atoms with van der Waals surface area (Å²) in [6.07, 6.45) is 0. The maximum absolute atomic E-state index is 13.5. The Hall–Kier alpha value is -2.50. The van der Waals surface area contributed by atoms with Crippen molar-refractivity contribution in [3.63, 3.8) is 0 Å². The zero-order valence-electron chi connectivity index (χ0n) is 10.6. The van der Waals surface area contributed by atoms with Crippen LogP contribution in [0.2, 0.25) is 0 Å². The number of hydrogen-bond donors (Lipinski definition) is 1. The van der Waals surface area contributed by atoms with E-state index < -0.39 is 5.82 Å². The quantitative estimate of drug-likeness (QED) is 0.678. The lowest BCUT2D eigenvalue weighted by atomic mass is 10.2. The zero-order valence-corrected chi connectivity index (χ0v) is 10.6. The second-order valence-corrected chi connectivity index (χ2v) is 4.43. The lowest BCUT2D eigenvalue weighted by Crippen LogP contribution is -1.99. The number of rotatable bonds is 1. The third kappa shape index (κ3) is 1.81. The van der Waals surface area contributed by atoms with Crippen molar-refractivity contribution in [2.24, 2.45) is 0 Å². The topological polar surface area (TPSA) is 69.1 Å². The van der Waals surface area contributed by atoms with E-state index in [1.165, 1.54) is 12.1 Å². The molecular formula is C13H12FN5. The molecule has 6 heteroatoms. The maximum Gasteiger partial charge on any atom is 0.255 e. The van der Waals surface area contributed by atoms with Crippen LogP contribution >= 0.6 is 0 Å². The molecule has 0 fully saturated rings. The van der Waals surface area contributed by atoms with Crippen LogP contribution in [0.4, 0.5) is 10.1 Å². The maximum atomic E-state index is 13.5. The number of halogens is 1. The SMILES string of the molecule is Cc1cc(C)n2c(-c3ccc(N)c(F)c3)nnc2n1. The lowest BCUT2D eigenvalue weighted by Gasteiger charge is -2.05. The molecule has 0 amide bonds. The van der Waals surface area contributed by atoms with Gasteiger partial charge in [0.25, 0.3) is 5.78 Å². The van der Waals surface area contributed by atoms with E-state index >= 15 is 0 Å². The summed E-state index contributed by atoms with van der Waals surface area (Å²) in [6, 6.07) is 6.51. The van der Waals surface area contributed by atoms with Crippen molar-refractivity contribution in [1.29, 1.82) is 0 Å². The Morgan fingerprint density at radius 3 is 2.68 bits per heavy atom. The number of fused-ring (bicyclic) bond motifs is 1. The van der Waals surface area contributed by atoms with Crippen LogP contribution in [0.5, 0.6) is 0 Å². The number of aryl methyl sites for hydroxylation is 2. The molecule has 2 aromatic heterocycles. The Bertz CT molecular complexity index is 778. The average Bonchev–Trinajstić information content (AvgIpc) is 2.76. The molecule has 0 bridgehead atoms. The molecular weight excluding hydrogens is 245 g/mol. The van der Waals surface area contributed by atoms with Gasteiger partial charge < -0.3 is 5.73 Å². The van der Waals surface area contributed by atoms with Crippen molar-refractivity contribution < 1.29 is 4.39 Å². The molecule has 2 heterocycles. The van der Waals surface area contributed by atoms with Crippen molar-refractivity contribution in [2.75, 3.05) is 5.73 Å². The lowest BCUT2D eigenvalue weighted by molar-refractivity contribution is 0.633. The van der Waals surface area contributed by atoms with Gasteiger partial charge in [0.1, 0.15) is 5.82 Å². The van der Waals surface area contributed by atoms with Crippen LogP contribution in [0.25, 0.3) is 17.2 Å². The smallest absolute Gasteiger partial charge is 0.255 e. The minimum absolute atomic E-state index is 0.114. The van der Waals surface area contributed by atoms with Gasteiger partial charge in [-0.25, -0.2) is 9.37 Å². The Morgan fingerprint density at radius 1 is 1.16 bits per heavy atom. The number of nitrogen functional groups attached to an aromatic ring is 1. The second-order valence-electron chi connectivity index (χ2n) is 4.43. The summed E-state index contributed by atoms with van der Waals surface area (Å²) in [5, 5.41) is 8.10. The van der Waals surface area contributed by atoms with Gasteiger partial charge in [-0.3, -0.25) is 4.40 Å². The van der Waals surface area contributed by atoms with Crippen LogP contribution in [0.3, 0.4) is 0 Å². The Morgan fingerprint density at radius 2 is 1.95 bits per heavy atom. The van der Waals surface area contributed by atoms with Crippen molar-refractivity contribution in [3.8, 4) is 11.4 Å². The standard InChI is InChI=1S/C13H12FN5/c1-7-5-8(2)19-12(17-18-13(19)16-7)9-3-4-11(15)10(14)6-9/h3-6H,15H2,1-2H3. The fourth-order valence-corrected chi connectivity index (χ4v) is 2.08. The first-order valence-corrected chi connectivity index (χ1v) is 5.81. The van der Waals surface area contributed by atoms with E-state index in [4.69, 9.17) is 5.73 Å². The van der Waals surface area contributed by atoms with Gasteiger partial charge in [-0.15, -0.1) is 10.2 Å². The molecule has 0 aliphatic heterocycles. The van der Waals surface area contributed by atoms with Crippen molar-refractivity contribution in [2.45, 2.75) is 13.8 Å². The highest BCUT2D eigenvalue weighted by Crippen LogP contribution is 2.22. The van der Waals surface area contributed by atoms with Crippen molar-refractivity contribution in [1.82, 2.24) is 19.6 Å². The summed E-state index contributed by atoms with van der Waals surface area (Å²) in [5.74, 6) is 0.593. The van der Waals surface area contributed by atoms with Crippen LogP contribution in [0.1, 0.15) is 11.4 Å². The number of benzene rings is 1. The van der Waals surface area contributed by atoms with Gasteiger partial charge in [-0.2, -0.15) is 0 Å². The molecule has 3 aromatic rings. The van der Waals surface area contributed by atoms with E-state index in [9.17, 15) is 4.39 Å². The molecule has 3 rings (SSSR count). The highest BCUT2D eigenvalue weighted by Gasteiger charge is 2.12. The van der Waals surface area contributed by atoms with Crippen LogP contribution < -0.4 is 5.73 Å². The fraction of sp³-hybridized carbons (Fsp3) is 0.154. The minimum atomic E-state index is -0.466. The Kier molecular flexibility index (Phi) is 2.45. The van der Waals surface area contributed by atoms with Crippen molar-refractivity contribution >= 4 is 11.5 Å². The van der Waals surface area contributed by atoms with Crippen LogP contribution in [-0.4, -0.2) is 19.6 Å². The molecule has 2 N–H and O–H groups in total. The third-order valence-corrected chi connectivity index (χ3v) is 2.95. The molecule has 96 valence electrons. The van der Waals surface area contributed by atoms with Gasteiger partial charge >= 0.3 is 0 Å². The van der Waals surface area contributed by atoms with Crippen LogP contribution in [0.15, 0.2) is 24.3 Å². The molecule has 5 nitrogen and oxygen atoms in total. The van der Waals surface area contributed by atoms with E-state index in [0.717, 1.165) is 11.4 Å². The first kappa shape index (κ1) is 11.6. The first-order chi connectivity index (χ1) is 9.06. The summed E-state index contributed by atoms with van der Waals surface area (Å²) < 4.78 is 15.3. The van der Waals surface area contributed by atoms with Gasteiger partial charge in [0.05, 0.1) is 5.69 Å². The van der Waals surface area contributed by atoms with Crippen LogP contribution in [-0.2, 0) is 0 Å². The summed E-state index contributed by atoms with van der Waals surface area (Å²) in [5.41, 5.74) is 8.02. The first-order valence-electron chi connectivity index (χ1n) is 5.81. The van der Waals surface area contributed by atoms with E-state index in [2.05, 4.69) is 15.2 Å². The number of anilines is 1. The van der Waals surface area contributed by atoms with Gasteiger partial charge in [0.2, 0.25) is 0 Å². The predicted molar refractivity (Wildman–Crippen MR) is 70.1 cm³/mol. The Balaban J connectivity index is 2.28. The zero-order chi connectivity index (χ0) is 13.6. The number of nitrogens with zero attached hydrogens (tertiary/aromatic N) is 4. The summed E-state index contributed by atoms with van der Waals surface area (Å²) in [6.45, 7) is 3.83. The number of nitrogens with two attached hydrogens (primary N) is 1. The molecule has 0 aliphatic rings. The largest absolute Gasteiger partial charge is 0.396 e. The molecule has 0 unspecified atom stereocenters. The predicted octanol–water partition coefficient (Wildman–Crippen LogP) is 2.13. The molecule has 0 atom stereocenters. The van der Waals surface area contributed by atoms with Crippen LogP contribution in [0, 0.1) is 19.7 Å². The highest BCUT2D eigenvalue weighted by molar-refractivity contribution is 5.62. The Labute approximate surface area is 108 Å². The molecule has 1 aromatic carbocycles. The van der Waals surface area contributed by atoms with Gasteiger partial charge in [0.15, 0.2) is 5.82 Å². The molecule has 0 saturated heterocycles. The fourth-order valence-electron chi connectivity index (χ4n) is 2.08. The van der Waals surface area contributed by atoms with E-state index in [1.807, 2.05) is 19.9 Å². The molecule has 19 heavy (non-hydrogen) atoms. The molecule has 0 spiro atoms. The highest BCUT2D eigenvalue weighted by atomic mass is 19.1. The molecule has 0 aliphatic carbocycles. The summed E-state index contributed by atoms with van der Waals surface area (Å²) >= 11 is 0. The van der Waals surface area contributed by atoms with E-state index in [0.29, 0.717) is 17.2 Å². The average molecular weight is 257 g/mol. The van der Waals surface area contributed by atoms with E-state index in [-0.39, 0.29) is 5.69 Å². The van der Waals surface area contributed by atoms with Crippen molar-refractivity contribution in [3.05, 3.63) is 41.5 Å². The van der Waals surface area contributed by atoms with Gasteiger partial charge in [-0.05, 0) is 38.1 Å². The number of aromatic nitrogens is 4. The third-order valence-electron chi connectivity index (χ3n) is 2.95. The normalized spacial score (nSPS) is 11.1. The summed E-state index contributed by atoms with van der Waals surface area (Å²) in [7, 11) is 0.